The molecule has 1 amide bonds. The van der Waals surface area contributed by atoms with Crippen molar-refractivity contribution in [3.05, 3.63) is 107 Å². The molecule has 0 aromatic heterocycles. The molecule has 136 valence electrons. The lowest BCUT2D eigenvalue weighted by Crippen LogP contribution is -2.32. The number of amidine groups is 1. The van der Waals surface area contributed by atoms with Gasteiger partial charge in [0.1, 0.15) is 11.5 Å². The summed E-state index contributed by atoms with van der Waals surface area (Å²) in [6, 6.07) is 25.1. The van der Waals surface area contributed by atoms with E-state index in [2.05, 4.69) is 4.99 Å². The van der Waals surface area contributed by atoms with Crippen molar-refractivity contribution in [2.75, 3.05) is 4.90 Å². The summed E-state index contributed by atoms with van der Waals surface area (Å²) in [5, 5.41) is 9.12. The molecule has 1 N–H and O–H groups in total. The number of carbonyl (C=O) groups is 2. The average molecular weight is 368 g/mol. The SMILES string of the molecule is O=C(O)c1ccc(N2C(=O)/C(=C/c3ccccc3)N=C2c2ccccc2)cc1. The summed E-state index contributed by atoms with van der Waals surface area (Å²) >= 11 is 0. The molecule has 1 heterocycles. The lowest BCUT2D eigenvalue weighted by Gasteiger charge is -2.18. The Balaban J connectivity index is 1.80. The molecule has 1 aliphatic rings. The number of carbonyl (C=O) groups excluding carboxylic acids is 1. The molecule has 1 aliphatic heterocycles. The number of nitrogens with zero attached hydrogens (tertiary/aromatic N) is 2. The van der Waals surface area contributed by atoms with Gasteiger partial charge in [-0.2, -0.15) is 0 Å². The van der Waals surface area contributed by atoms with Gasteiger partial charge in [0.15, 0.2) is 0 Å². The first kappa shape index (κ1) is 17.4. The molecule has 0 aliphatic carbocycles. The Bertz CT molecular complexity index is 1090. The predicted molar refractivity (Wildman–Crippen MR) is 108 cm³/mol. The molecule has 3 aromatic rings. The molecule has 0 atom stereocenters. The highest BCUT2D eigenvalue weighted by Gasteiger charge is 2.32. The zero-order valence-electron chi connectivity index (χ0n) is 14.8. The summed E-state index contributed by atoms with van der Waals surface area (Å²) in [5.41, 5.74) is 2.73. The van der Waals surface area contributed by atoms with E-state index in [4.69, 9.17) is 5.11 Å². The van der Waals surface area contributed by atoms with Crippen LogP contribution >= 0.6 is 0 Å². The van der Waals surface area contributed by atoms with Crippen LogP contribution in [0.2, 0.25) is 0 Å². The van der Waals surface area contributed by atoms with Crippen LogP contribution in [-0.4, -0.2) is 22.8 Å². The molecule has 0 bridgehead atoms. The molecule has 4 rings (SSSR count). The third-order valence-electron chi connectivity index (χ3n) is 4.37. The molecule has 0 fully saturated rings. The van der Waals surface area contributed by atoms with Gasteiger partial charge in [-0.1, -0.05) is 60.7 Å². The molecule has 0 radical (unpaired) electrons. The molecular weight excluding hydrogens is 352 g/mol. The highest BCUT2D eigenvalue weighted by molar-refractivity contribution is 6.33. The Morgan fingerprint density at radius 1 is 0.857 bits per heavy atom. The first-order chi connectivity index (χ1) is 13.6. The Kier molecular flexibility index (Phi) is 4.56. The number of amides is 1. The fourth-order valence-corrected chi connectivity index (χ4v) is 3.00. The fraction of sp³-hybridized carbons (Fsp3) is 0. The van der Waals surface area contributed by atoms with E-state index in [1.165, 1.54) is 17.0 Å². The van der Waals surface area contributed by atoms with Gasteiger partial charge in [0.2, 0.25) is 0 Å². The maximum Gasteiger partial charge on any atom is 0.335 e. The number of rotatable bonds is 4. The Labute approximate surface area is 161 Å². The summed E-state index contributed by atoms with van der Waals surface area (Å²) in [6.07, 6.45) is 1.75. The van der Waals surface area contributed by atoms with Crippen molar-refractivity contribution in [1.29, 1.82) is 0 Å². The van der Waals surface area contributed by atoms with E-state index in [0.717, 1.165) is 11.1 Å². The van der Waals surface area contributed by atoms with Gasteiger partial charge >= 0.3 is 5.97 Å². The molecule has 3 aromatic carbocycles. The number of anilines is 1. The second kappa shape index (κ2) is 7.32. The molecule has 5 nitrogen and oxygen atoms in total. The van der Waals surface area contributed by atoms with Crippen molar-refractivity contribution in [3.63, 3.8) is 0 Å². The normalized spacial score (nSPS) is 15.0. The number of hydrogen-bond acceptors (Lipinski definition) is 3. The number of aromatic carboxylic acids is 1. The summed E-state index contributed by atoms with van der Waals surface area (Å²) in [6.45, 7) is 0. The van der Waals surface area contributed by atoms with Crippen molar-refractivity contribution in [3.8, 4) is 0 Å². The van der Waals surface area contributed by atoms with Gasteiger partial charge in [-0.25, -0.2) is 9.79 Å². The van der Waals surface area contributed by atoms with Gasteiger partial charge < -0.3 is 5.11 Å². The second-order valence-corrected chi connectivity index (χ2v) is 6.23. The lowest BCUT2D eigenvalue weighted by atomic mass is 10.1. The predicted octanol–water partition coefficient (Wildman–Crippen LogP) is 4.22. The highest BCUT2D eigenvalue weighted by Crippen LogP contribution is 2.28. The highest BCUT2D eigenvalue weighted by atomic mass is 16.4. The van der Waals surface area contributed by atoms with E-state index in [9.17, 15) is 9.59 Å². The Morgan fingerprint density at radius 2 is 1.46 bits per heavy atom. The first-order valence-electron chi connectivity index (χ1n) is 8.72. The lowest BCUT2D eigenvalue weighted by molar-refractivity contribution is -0.113. The van der Waals surface area contributed by atoms with Crippen LogP contribution in [0.1, 0.15) is 21.5 Å². The van der Waals surface area contributed by atoms with Crippen LogP contribution in [0.3, 0.4) is 0 Å². The van der Waals surface area contributed by atoms with Gasteiger partial charge in [0.05, 0.1) is 11.3 Å². The quantitative estimate of drug-likeness (QED) is 0.701. The van der Waals surface area contributed by atoms with Crippen molar-refractivity contribution in [2.24, 2.45) is 4.99 Å². The van der Waals surface area contributed by atoms with E-state index in [1.807, 2.05) is 60.7 Å². The van der Waals surface area contributed by atoms with Crippen molar-refractivity contribution >= 4 is 29.5 Å². The standard InChI is InChI=1S/C23H16N2O3/c26-22-20(15-16-7-3-1-4-8-16)24-21(17-9-5-2-6-10-17)25(22)19-13-11-18(12-14-19)23(27)28/h1-15H,(H,27,28)/b20-15-. The average Bonchev–Trinajstić information content (AvgIpc) is 3.05. The third-order valence-corrected chi connectivity index (χ3v) is 4.37. The van der Waals surface area contributed by atoms with Crippen LogP contribution in [0.5, 0.6) is 0 Å². The molecule has 5 heteroatoms. The molecule has 28 heavy (non-hydrogen) atoms. The third kappa shape index (κ3) is 3.33. The van der Waals surface area contributed by atoms with Crippen LogP contribution < -0.4 is 4.90 Å². The maximum absolute atomic E-state index is 13.1. The van der Waals surface area contributed by atoms with Crippen LogP contribution in [0, 0.1) is 0 Å². The topological polar surface area (TPSA) is 70.0 Å². The van der Waals surface area contributed by atoms with Crippen LogP contribution in [0.15, 0.2) is 95.6 Å². The smallest absolute Gasteiger partial charge is 0.335 e. The number of benzene rings is 3. The van der Waals surface area contributed by atoms with E-state index in [0.29, 0.717) is 17.2 Å². The van der Waals surface area contributed by atoms with Gasteiger partial charge in [-0.3, -0.25) is 9.69 Å². The van der Waals surface area contributed by atoms with Crippen molar-refractivity contribution < 1.29 is 14.7 Å². The second-order valence-electron chi connectivity index (χ2n) is 6.23. The largest absolute Gasteiger partial charge is 0.478 e. The molecule has 0 unspecified atom stereocenters. The first-order valence-corrected chi connectivity index (χ1v) is 8.72. The van der Waals surface area contributed by atoms with Crippen molar-refractivity contribution in [1.82, 2.24) is 0 Å². The minimum absolute atomic E-state index is 0.161. The van der Waals surface area contributed by atoms with Crippen molar-refractivity contribution in [2.45, 2.75) is 0 Å². The van der Waals surface area contributed by atoms with Gasteiger partial charge in [-0.05, 0) is 35.9 Å². The summed E-state index contributed by atoms with van der Waals surface area (Å²) in [7, 11) is 0. The zero-order valence-corrected chi connectivity index (χ0v) is 14.8. The molecular formula is C23H16N2O3. The van der Waals surface area contributed by atoms with Crippen LogP contribution in [0.25, 0.3) is 6.08 Å². The van der Waals surface area contributed by atoms with Gasteiger partial charge in [-0.15, -0.1) is 0 Å². The van der Waals surface area contributed by atoms with E-state index in [1.54, 1.807) is 18.2 Å². The minimum atomic E-state index is -1.01. The zero-order chi connectivity index (χ0) is 19.5. The van der Waals surface area contributed by atoms with Crippen LogP contribution in [0.4, 0.5) is 5.69 Å². The number of carboxylic acids is 1. The fourth-order valence-electron chi connectivity index (χ4n) is 3.00. The number of hydrogen-bond donors (Lipinski definition) is 1. The molecule has 0 saturated heterocycles. The van der Waals surface area contributed by atoms with Crippen LogP contribution in [-0.2, 0) is 4.79 Å². The number of carboxylic acid groups (broad SMARTS) is 1. The number of aliphatic imine (C=N–C) groups is 1. The monoisotopic (exact) mass is 368 g/mol. The summed E-state index contributed by atoms with van der Waals surface area (Å²) in [4.78, 5) is 30.4. The summed E-state index contributed by atoms with van der Waals surface area (Å²) < 4.78 is 0. The Hall–Kier alpha value is -3.99. The van der Waals surface area contributed by atoms with E-state index < -0.39 is 5.97 Å². The van der Waals surface area contributed by atoms with Gasteiger partial charge in [0, 0.05) is 5.56 Å². The van der Waals surface area contributed by atoms with Gasteiger partial charge in [0.25, 0.3) is 5.91 Å². The van der Waals surface area contributed by atoms with E-state index in [-0.39, 0.29) is 11.5 Å². The Morgan fingerprint density at radius 3 is 2.07 bits per heavy atom. The molecule has 0 spiro atoms. The maximum atomic E-state index is 13.1. The summed E-state index contributed by atoms with van der Waals surface area (Å²) in [5.74, 6) is -0.762. The molecule has 0 saturated carbocycles. The minimum Gasteiger partial charge on any atom is -0.478 e. The van der Waals surface area contributed by atoms with E-state index >= 15 is 0 Å².